The molecule has 226 valence electrons. The van der Waals surface area contributed by atoms with Gasteiger partial charge in [-0.25, -0.2) is 8.42 Å². The second-order valence-electron chi connectivity index (χ2n) is 11.2. The van der Waals surface area contributed by atoms with Crippen LogP contribution in [0.15, 0.2) is 111 Å². The molecule has 0 saturated carbocycles. The maximum atomic E-state index is 14.3. The van der Waals surface area contributed by atoms with Gasteiger partial charge < -0.3 is 14.1 Å². The zero-order chi connectivity index (χ0) is 30.7. The van der Waals surface area contributed by atoms with Crippen LogP contribution in [0.5, 0.6) is 0 Å². The normalized spacial score (nSPS) is 15.3. The van der Waals surface area contributed by atoms with E-state index < -0.39 is 22.5 Å². The number of rotatable bonds is 10. The van der Waals surface area contributed by atoms with Crippen molar-refractivity contribution in [3.8, 4) is 0 Å². The molecule has 0 radical (unpaired) electrons. The summed E-state index contributed by atoms with van der Waals surface area (Å²) in [5, 5.41) is 1.82. The number of benzene rings is 4. The molecule has 1 saturated heterocycles. The SMILES string of the molecule is Cc1ccc2occ(CN(Cc3ccccc3)C(=O)CN(C[C@H]3CCCO3)S(=O)(=O)c3cccc4ccccc34)c(=O)c2c1. The number of amides is 1. The van der Waals surface area contributed by atoms with E-state index in [-0.39, 0.29) is 36.1 Å². The third-order valence-corrected chi connectivity index (χ3v) is 9.91. The first-order chi connectivity index (χ1) is 21.3. The summed E-state index contributed by atoms with van der Waals surface area (Å²) in [5.74, 6) is -0.431. The van der Waals surface area contributed by atoms with Gasteiger partial charge in [0.15, 0.2) is 5.43 Å². The zero-order valence-electron chi connectivity index (χ0n) is 24.5. The maximum Gasteiger partial charge on any atom is 0.244 e. The van der Waals surface area contributed by atoms with E-state index in [2.05, 4.69) is 0 Å². The largest absolute Gasteiger partial charge is 0.464 e. The van der Waals surface area contributed by atoms with Crippen LogP contribution in [0.2, 0.25) is 0 Å². The van der Waals surface area contributed by atoms with Crippen LogP contribution in [-0.2, 0) is 32.6 Å². The highest BCUT2D eigenvalue weighted by Gasteiger charge is 2.33. The Morgan fingerprint density at radius 1 is 0.909 bits per heavy atom. The summed E-state index contributed by atoms with van der Waals surface area (Å²) < 4.78 is 41.4. The van der Waals surface area contributed by atoms with Gasteiger partial charge >= 0.3 is 0 Å². The minimum atomic E-state index is -4.11. The van der Waals surface area contributed by atoms with Crippen molar-refractivity contribution in [2.75, 3.05) is 19.7 Å². The molecule has 0 spiro atoms. The van der Waals surface area contributed by atoms with Crippen LogP contribution in [0.25, 0.3) is 21.7 Å². The third kappa shape index (κ3) is 6.31. The Balaban J connectivity index is 1.36. The molecule has 44 heavy (non-hydrogen) atoms. The number of carbonyl (C=O) groups is 1. The summed E-state index contributed by atoms with van der Waals surface area (Å²) >= 11 is 0. The molecule has 5 aromatic rings. The van der Waals surface area contributed by atoms with E-state index in [1.807, 2.05) is 61.5 Å². The first kappa shape index (κ1) is 29.7. The average Bonchev–Trinajstić information content (AvgIpc) is 3.55. The highest BCUT2D eigenvalue weighted by molar-refractivity contribution is 7.89. The lowest BCUT2D eigenvalue weighted by Crippen LogP contribution is -2.45. The second kappa shape index (κ2) is 12.7. The van der Waals surface area contributed by atoms with Crippen LogP contribution >= 0.6 is 0 Å². The molecule has 0 aliphatic carbocycles. The summed E-state index contributed by atoms with van der Waals surface area (Å²) in [5.41, 5.74) is 2.33. The molecule has 0 unspecified atom stereocenters. The summed E-state index contributed by atoms with van der Waals surface area (Å²) in [7, 11) is -4.11. The van der Waals surface area contributed by atoms with Crippen LogP contribution in [0.4, 0.5) is 0 Å². The van der Waals surface area contributed by atoms with Crippen LogP contribution in [-0.4, -0.2) is 49.3 Å². The van der Waals surface area contributed by atoms with Gasteiger partial charge in [-0.05, 0) is 48.9 Å². The highest BCUT2D eigenvalue weighted by atomic mass is 32.2. The number of fused-ring (bicyclic) bond motifs is 2. The summed E-state index contributed by atoms with van der Waals surface area (Å²) in [6.45, 7) is 2.24. The number of hydrogen-bond acceptors (Lipinski definition) is 6. The van der Waals surface area contributed by atoms with E-state index in [1.54, 1.807) is 36.4 Å². The number of nitrogens with zero attached hydrogens (tertiary/aromatic N) is 2. The molecule has 1 fully saturated rings. The number of aryl methyl sites for hydroxylation is 1. The van der Waals surface area contributed by atoms with Gasteiger partial charge in [-0.3, -0.25) is 9.59 Å². The van der Waals surface area contributed by atoms with Gasteiger partial charge in [0, 0.05) is 25.1 Å². The van der Waals surface area contributed by atoms with Crippen molar-refractivity contribution in [2.45, 2.75) is 43.9 Å². The molecule has 2 heterocycles. The van der Waals surface area contributed by atoms with Crippen molar-refractivity contribution in [3.05, 3.63) is 124 Å². The van der Waals surface area contributed by atoms with Gasteiger partial charge in [-0.15, -0.1) is 0 Å². The molecule has 1 aliphatic heterocycles. The Hall–Kier alpha value is -4.31. The molecule has 1 aliphatic rings. The first-order valence-electron chi connectivity index (χ1n) is 14.7. The van der Waals surface area contributed by atoms with Crippen LogP contribution in [0, 0.1) is 6.92 Å². The molecule has 1 atom stereocenters. The predicted octanol–water partition coefficient (Wildman–Crippen LogP) is 5.65. The van der Waals surface area contributed by atoms with Gasteiger partial charge in [-0.1, -0.05) is 78.4 Å². The summed E-state index contributed by atoms with van der Waals surface area (Å²) in [4.78, 5) is 29.3. The Kier molecular flexibility index (Phi) is 8.61. The lowest BCUT2D eigenvalue weighted by Gasteiger charge is -2.29. The lowest BCUT2D eigenvalue weighted by molar-refractivity contribution is -0.132. The molecule has 9 heteroatoms. The van der Waals surface area contributed by atoms with E-state index >= 15 is 0 Å². The minimum Gasteiger partial charge on any atom is -0.464 e. The number of ether oxygens (including phenoxy) is 1. The van der Waals surface area contributed by atoms with Crippen molar-refractivity contribution >= 4 is 37.7 Å². The third-order valence-electron chi connectivity index (χ3n) is 8.04. The first-order valence-corrected chi connectivity index (χ1v) is 16.2. The Labute approximate surface area is 256 Å². The van der Waals surface area contributed by atoms with E-state index in [0.29, 0.717) is 34.9 Å². The Morgan fingerprint density at radius 2 is 1.68 bits per heavy atom. The zero-order valence-corrected chi connectivity index (χ0v) is 25.3. The average molecular weight is 611 g/mol. The van der Waals surface area contributed by atoms with Crippen LogP contribution < -0.4 is 5.43 Å². The van der Waals surface area contributed by atoms with E-state index in [1.165, 1.54) is 15.5 Å². The van der Waals surface area contributed by atoms with Gasteiger partial charge in [0.1, 0.15) is 5.58 Å². The Bertz CT molecular complexity index is 1960. The maximum absolute atomic E-state index is 14.3. The van der Waals surface area contributed by atoms with Crippen molar-refractivity contribution in [1.82, 2.24) is 9.21 Å². The second-order valence-corrected chi connectivity index (χ2v) is 13.1. The van der Waals surface area contributed by atoms with Gasteiger partial charge in [0.25, 0.3) is 0 Å². The van der Waals surface area contributed by atoms with Gasteiger partial charge in [0.2, 0.25) is 15.9 Å². The van der Waals surface area contributed by atoms with Crippen molar-refractivity contribution < 1.29 is 22.4 Å². The van der Waals surface area contributed by atoms with Gasteiger partial charge in [0.05, 0.1) is 41.3 Å². The number of hydrogen-bond donors (Lipinski definition) is 0. The fourth-order valence-corrected chi connectivity index (χ4v) is 7.35. The molecule has 8 nitrogen and oxygen atoms in total. The molecule has 4 aromatic carbocycles. The number of carbonyl (C=O) groups excluding carboxylic acids is 1. The summed E-state index contributed by atoms with van der Waals surface area (Å²) in [6, 6.07) is 27.3. The topological polar surface area (TPSA) is 97.1 Å². The van der Waals surface area contributed by atoms with Gasteiger partial charge in [-0.2, -0.15) is 4.31 Å². The van der Waals surface area contributed by atoms with Crippen molar-refractivity contribution in [1.29, 1.82) is 0 Å². The van der Waals surface area contributed by atoms with Crippen molar-refractivity contribution in [3.63, 3.8) is 0 Å². The Morgan fingerprint density at radius 3 is 2.48 bits per heavy atom. The quantitative estimate of drug-likeness (QED) is 0.203. The van der Waals surface area contributed by atoms with Crippen LogP contribution in [0.1, 0.15) is 29.5 Å². The molecule has 1 aromatic heterocycles. The predicted molar refractivity (Wildman–Crippen MR) is 170 cm³/mol. The fourth-order valence-electron chi connectivity index (χ4n) is 5.71. The monoisotopic (exact) mass is 610 g/mol. The van der Waals surface area contributed by atoms with E-state index in [0.717, 1.165) is 22.9 Å². The highest BCUT2D eigenvalue weighted by Crippen LogP contribution is 2.27. The smallest absolute Gasteiger partial charge is 0.244 e. The van der Waals surface area contributed by atoms with Crippen molar-refractivity contribution in [2.24, 2.45) is 0 Å². The molecule has 0 N–H and O–H groups in total. The van der Waals surface area contributed by atoms with Crippen LogP contribution in [0.3, 0.4) is 0 Å². The summed E-state index contributed by atoms with van der Waals surface area (Å²) in [6.07, 6.45) is 2.62. The lowest BCUT2D eigenvalue weighted by atomic mass is 10.1. The molecule has 1 amide bonds. The molecular formula is C35H34N2O6S. The fraction of sp³-hybridized carbons (Fsp3) is 0.257. The van der Waals surface area contributed by atoms with E-state index in [4.69, 9.17) is 9.15 Å². The standard InChI is InChI=1S/C35H34N2O6S/c1-25-16-17-32-31(19-25)35(39)28(24-43-32)21-36(20-26-9-3-2-4-10-26)34(38)23-37(22-29-13-8-18-42-29)44(40,41)33-15-7-12-27-11-5-6-14-30(27)33/h2-7,9-12,14-17,19,24,29H,8,13,18,20-23H2,1H3/t29-/m1/s1. The number of sulfonamides is 1. The molecular weight excluding hydrogens is 576 g/mol. The minimum absolute atomic E-state index is 0.0397. The molecule has 0 bridgehead atoms. The molecule has 6 rings (SSSR count). The van der Waals surface area contributed by atoms with E-state index in [9.17, 15) is 18.0 Å².